The van der Waals surface area contributed by atoms with E-state index < -0.39 is 11.8 Å². The van der Waals surface area contributed by atoms with Crippen LogP contribution in [0, 0.1) is 5.82 Å². The molecule has 0 saturated carbocycles. The molecular weight excluding hydrogens is 237 g/mol. The van der Waals surface area contributed by atoms with Gasteiger partial charge in [-0.15, -0.1) is 0 Å². The summed E-state index contributed by atoms with van der Waals surface area (Å²) in [6, 6.07) is 2.62. The molecule has 1 aromatic rings. The van der Waals surface area contributed by atoms with Gasteiger partial charge in [-0.1, -0.05) is 0 Å². The fourth-order valence-corrected chi connectivity index (χ4v) is 1.60. The van der Waals surface area contributed by atoms with Gasteiger partial charge in [-0.2, -0.15) is 0 Å². The molecule has 0 aliphatic heterocycles. The highest BCUT2D eigenvalue weighted by molar-refractivity contribution is 6.00. The van der Waals surface area contributed by atoms with Gasteiger partial charge in [0.2, 0.25) is 0 Å². The Morgan fingerprint density at radius 2 is 1.94 bits per heavy atom. The number of likely N-dealkylation sites (N-methyl/N-ethyl adjacent to an activating group) is 2. The highest BCUT2D eigenvalue weighted by atomic mass is 19.1. The first kappa shape index (κ1) is 14.2. The van der Waals surface area contributed by atoms with Gasteiger partial charge in [0.1, 0.15) is 11.4 Å². The molecule has 0 radical (unpaired) electrons. The predicted molar refractivity (Wildman–Crippen MR) is 69.6 cm³/mol. The van der Waals surface area contributed by atoms with E-state index >= 15 is 0 Å². The van der Waals surface area contributed by atoms with Gasteiger partial charge in [0, 0.05) is 20.1 Å². The number of halogens is 1. The average molecular weight is 255 g/mol. The lowest BCUT2D eigenvalue weighted by atomic mass is 10.1. The third-order valence-electron chi connectivity index (χ3n) is 2.68. The van der Waals surface area contributed by atoms with Crippen LogP contribution in [0.5, 0.6) is 0 Å². The van der Waals surface area contributed by atoms with Crippen molar-refractivity contribution in [3.63, 3.8) is 0 Å². The molecule has 0 bridgehead atoms. The van der Waals surface area contributed by atoms with Gasteiger partial charge in [0.15, 0.2) is 0 Å². The maximum absolute atomic E-state index is 13.3. The van der Waals surface area contributed by atoms with Crippen molar-refractivity contribution in [2.45, 2.75) is 0 Å². The molecule has 18 heavy (non-hydrogen) atoms. The van der Waals surface area contributed by atoms with Gasteiger partial charge in [-0.25, -0.2) is 9.18 Å². The number of hydrogen-bond donors (Lipinski definition) is 2. The Balaban J connectivity index is 3.08. The van der Waals surface area contributed by atoms with Gasteiger partial charge in [0.05, 0.1) is 11.4 Å². The van der Waals surface area contributed by atoms with Crippen LogP contribution in [0.3, 0.4) is 0 Å². The Morgan fingerprint density at radius 3 is 2.44 bits per heavy atom. The van der Waals surface area contributed by atoms with Crippen molar-refractivity contribution in [3.05, 3.63) is 23.5 Å². The zero-order chi connectivity index (χ0) is 13.9. The van der Waals surface area contributed by atoms with Crippen molar-refractivity contribution < 1.29 is 14.3 Å². The highest BCUT2D eigenvalue weighted by Crippen LogP contribution is 2.27. The zero-order valence-corrected chi connectivity index (χ0v) is 10.8. The molecule has 0 spiro atoms. The van der Waals surface area contributed by atoms with Crippen LogP contribution < -0.4 is 10.6 Å². The summed E-state index contributed by atoms with van der Waals surface area (Å²) < 4.78 is 13.3. The van der Waals surface area contributed by atoms with Crippen LogP contribution in [0.15, 0.2) is 12.1 Å². The molecule has 0 aliphatic carbocycles. The van der Waals surface area contributed by atoms with Crippen LogP contribution in [0.25, 0.3) is 0 Å². The minimum Gasteiger partial charge on any atom is -0.478 e. The van der Waals surface area contributed by atoms with E-state index in [-0.39, 0.29) is 11.3 Å². The van der Waals surface area contributed by atoms with E-state index in [1.54, 1.807) is 11.9 Å². The number of aromatic carboxylic acids is 1. The van der Waals surface area contributed by atoms with Crippen LogP contribution >= 0.6 is 0 Å². The number of hydrogen-bond acceptors (Lipinski definition) is 4. The van der Waals surface area contributed by atoms with Gasteiger partial charge in [-0.3, -0.25) is 0 Å². The highest BCUT2D eigenvalue weighted by Gasteiger charge is 2.19. The second-order valence-electron chi connectivity index (χ2n) is 4.39. The molecule has 0 heterocycles. The van der Waals surface area contributed by atoms with Crippen molar-refractivity contribution >= 4 is 17.3 Å². The molecule has 0 aliphatic rings. The maximum atomic E-state index is 13.3. The normalized spacial score (nSPS) is 10.7. The lowest BCUT2D eigenvalue weighted by Gasteiger charge is -2.23. The van der Waals surface area contributed by atoms with Gasteiger partial charge in [0.25, 0.3) is 0 Å². The monoisotopic (exact) mass is 255 g/mol. The Morgan fingerprint density at radius 1 is 1.33 bits per heavy atom. The largest absolute Gasteiger partial charge is 0.478 e. The average Bonchev–Trinajstić information content (AvgIpc) is 2.28. The summed E-state index contributed by atoms with van der Waals surface area (Å²) in [6.45, 7) is 1.38. The van der Waals surface area contributed by atoms with Crippen LogP contribution in [0.1, 0.15) is 10.4 Å². The van der Waals surface area contributed by atoms with E-state index in [1.165, 1.54) is 12.1 Å². The third-order valence-corrected chi connectivity index (χ3v) is 2.68. The number of nitrogens with zero attached hydrogens (tertiary/aromatic N) is 2. The first-order chi connectivity index (χ1) is 8.34. The number of carbonyl (C=O) groups is 1. The summed E-state index contributed by atoms with van der Waals surface area (Å²) in [5.41, 5.74) is 5.40. The summed E-state index contributed by atoms with van der Waals surface area (Å²) in [4.78, 5) is 14.9. The summed E-state index contributed by atoms with van der Waals surface area (Å²) in [5, 5.41) is 9.11. The van der Waals surface area contributed by atoms with Crippen molar-refractivity contribution in [1.29, 1.82) is 0 Å². The van der Waals surface area contributed by atoms with Crippen LogP contribution in [0.2, 0.25) is 0 Å². The molecule has 3 N–H and O–H groups in total. The number of carboxylic acid groups (broad SMARTS) is 1. The first-order valence-electron chi connectivity index (χ1n) is 5.51. The standard InChI is InChI=1S/C12H18FN3O2/c1-15(2)6-7-16(3)9-5-4-8(13)11(14)10(9)12(17)18/h4-5H,6-7,14H2,1-3H3,(H,17,18). The lowest BCUT2D eigenvalue weighted by Crippen LogP contribution is -2.29. The van der Waals surface area contributed by atoms with Crippen molar-refractivity contribution in [3.8, 4) is 0 Å². The predicted octanol–water partition coefficient (Wildman–Crippen LogP) is 1.10. The first-order valence-corrected chi connectivity index (χ1v) is 5.51. The minimum atomic E-state index is -1.22. The number of rotatable bonds is 5. The Bertz CT molecular complexity index is 449. The van der Waals surface area contributed by atoms with E-state index in [9.17, 15) is 9.18 Å². The molecule has 0 fully saturated rings. The minimum absolute atomic E-state index is 0.184. The molecule has 6 heteroatoms. The molecule has 0 atom stereocenters. The van der Waals surface area contributed by atoms with Crippen LogP contribution in [-0.4, -0.2) is 50.2 Å². The quantitative estimate of drug-likeness (QED) is 0.771. The molecule has 0 unspecified atom stereocenters. The van der Waals surface area contributed by atoms with Gasteiger partial charge in [-0.05, 0) is 26.2 Å². The molecule has 1 aromatic carbocycles. The molecule has 0 aromatic heterocycles. The lowest BCUT2D eigenvalue weighted by molar-refractivity contribution is 0.0698. The Labute approximate surface area is 106 Å². The number of carboxylic acids is 1. The van der Waals surface area contributed by atoms with Gasteiger partial charge >= 0.3 is 5.97 Å². The molecule has 0 saturated heterocycles. The van der Waals surface area contributed by atoms with Crippen molar-refractivity contribution in [1.82, 2.24) is 4.90 Å². The van der Waals surface area contributed by atoms with E-state index in [0.29, 0.717) is 12.2 Å². The fourth-order valence-electron chi connectivity index (χ4n) is 1.60. The SMILES string of the molecule is CN(C)CCN(C)c1ccc(F)c(N)c1C(=O)O. The summed E-state index contributed by atoms with van der Waals surface area (Å²) >= 11 is 0. The molecule has 100 valence electrons. The van der Waals surface area contributed by atoms with Crippen molar-refractivity contribution in [2.24, 2.45) is 0 Å². The van der Waals surface area contributed by atoms with E-state index in [2.05, 4.69) is 0 Å². The van der Waals surface area contributed by atoms with E-state index in [4.69, 9.17) is 10.8 Å². The maximum Gasteiger partial charge on any atom is 0.340 e. The molecular formula is C12H18FN3O2. The van der Waals surface area contributed by atoms with Crippen LogP contribution in [-0.2, 0) is 0 Å². The summed E-state index contributed by atoms with van der Waals surface area (Å²) in [6.07, 6.45) is 0. The number of anilines is 2. The summed E-state index contributed by atoms with van der Waals surface area (Å²) in [7, 11) is 5.60. The summed E-state index contributed by atoms with van der Waals surface area (Å²) in [5.74, 6) is -1.93. The second kappa shape index (κ2) is 5.68. The van der Waals surface area contributed by atoms with Gasteiger partial charge < -0.3 is 20.6 Å². The van der Waals surface area contributed by atoms with Crippen molar-refractivity contribution in [2.75, 3.05) is 44.9 Å². The number of nitrogen functional groups attached to an aromatic ring is 1. The zero-order valence-electron chi connectivity index (χ0n) is 10.8. The number of benzene rings is 1. The second-order valence-corrected chi connectivity index (χ2v) is 4.39. The van der Waals surface area contributed by atoms with E-state index in [0.717, 1.165) is 6.54 Å². The third kappa shape index (κ3) is 3.10. The smallest absolute Gasteiger partial charge is 0.340 e. The molecule has 1 rings (SSSR count). The fraction of sp³-hybridized carbons (Fsp3) is 0.417. The molecule has 5 nitrogen and oxygen atoms in total. The van der Waals surface area contributed by atoms with E-state index in [1.807, 2.05) is 19.0 Å². The molecule has 0 amide bonds. The topological polar surface area (TPSA) is 69.8 Å². The Kier molecular flexibility index (Phi) is 4.49. The van der Waals surface area contributed by atoms with Crippen LogP contribution in [0.4, 0.5) is 15.8 Å². The Hall–Kier alpha value is -1.82. The number of nitrogens with two attached hydrogens (primary N) is 1.